The van der Waals surface area contributed by atoms with Crippen molar-refractivity contribution >= 4 is 97.1 Å². The van der Waals surface area contributed by atoms with Crippen LogP contribution in [-0.2, 0) is 28.2 Å². The second-order valence-electron chi connectivity index (χ2n) is 30.7. The molecule has 0 fully saturated rings. The number of aryl methyl sites for hydroxylation is 16. The molecule has 0 N–H and O–H groups in total. The van der Waals surface area contributed by atoms with E-state index >= 15 is 0 Å². The molecule has 117 heavy (non-hydrogen) atoms. The first-order chi connectivity index (χ1) is 61.4. The molecule has 10 aromatic carbocycles. The van der Waals surface area contributed by atoms with Crippen LogP contribution in [0.5, 0.6) is 0 Å². The van der Waals surface area contributed by atoms with Gasteiger partial charge in [0, 0.05) is 167 Å². The fourth-order valence-corrected chi connectivity index (χ4v) is 17.5. The van der Waals surface area contributed by atoms with Gasteiger partial charge in [-0.3, -0.25) is 0 Å². The predicted molar refractivity (Wildman–Crippen MR) is 487 cm³/mol. The standard InChI is InChI=1S/C32H27N2.C26H23N2O.C26H23N2S.C23H22NO/c1-20-13-14-25-27-15-16-30(33-32(27)26-12-8-7-11-24(26)29(25)17-20)28-18-31(34(4)19-22(28)3)23-10-6-5-9-21(23)2;2*1-16-8-5-6-9-19(16)24-14-23(17(2)15-28(24)4)21-11-7-10-20-22-13-12-18(3)27-26(22)29-25(20)21;1-15-9-10-18-12-23(25-22(18)11-15)20-13-21(24(4)14-17(20)3)19-8-6-5-7-16(19)2/h5-19H,1-4H3;2*5-15H,1-4H3;5-14H,1-4H3/q4*+1/i3D3;2*2D3;3D3. The number of fused-ring (bicyclic) bond motifs is 13. The summed E-state index contributed by atoms with van der Waals surface area (Å²) in [6.07, 6.45) is 6.91. The van der Waals surface area contributed by atoms with Crippen molar-refractivity contribution in [2.45, 2.75) is 82.8 Å². The third-order valence-corrected chi connectivity index (χ3v) is 23.6. The molecule has 20 aromatic rings. The Morgan fingerprint density at radius 1 is 0.299 bits per heavy atom. The second kappa shape index (κ2) is 31.4. The minimum Gasteiger partial charge on any atom is -0.456 e. The monoisotopic (exact) mass is 1550 g/mol. The number of rotatable bonds is 8. The van der Waals surface area contributed by atoms with Crippen molar-refractivity contribution in [2.24, 2.45) is 28.2 Å². The lowest BCUT2D eigenvalue weighted by Gasteiger charge is -2.13. The zero-order valence-corrected chi connectivity index (χ0v) is 68.3. The van der Waals surface area contributed by atoms with E-state index in [9.17, 15) is 0 Å². The van der Waals surface area contributed by atoms with Crippen molar-refractivity contribution in [1.82, 2.24) is 15.0 Å². The molecule has 0 bridgehead atoms. The summed E-state index contributed by atoms with van der Waals surface area (Å²) in [5.41, 5.74) is 25.8. The lowest BCUT2D eigenvalue weighted by atomic mass is 9.95. The summed E-state index contributed by atoms with van der Waals surface area (Å²) in [7, 11) is 7.57. The van der Waals surface area contributed by atoms with Gasteiger partial charge in [0.05, 0.1) is 11.2 Å². The highest BCUT2D eigenvalue weighted by Gasteiger charge is 2.25. The van der Waals surface area contributed by atoms with Gasteiger partial charge in [-0.05, 0) is 205 Å². The van der Waals surface area contributed by atoms with Crippen molar-refractivity contribution in [3.63, 3.8) is 0 Å². The summed E-state index contributed by atoms with van der Waals surface area (Å²) in [6.45, 7) is 7.25. The van der Waals surface area contributed by atoms with Gasteiger partial charge in [-0.1, -0.05) is 169 Å². The van der Waals surface area contributed by atoms with Gasteiger partial charge >= 0.3 is 0 Å². The van der Waals surface area contributed by atoms with Crippen LogP contribution >= 0.6 is 11.3 Å². The van der Waals surface area contributed by atoms with E-state index in [2.05, 4.69) is 137 Å². The van der Waals surface area contributed by atoms with Gasteiger partial charge in [0.2, 0.25) is 28.5 Å². The lowest BCUT2D eigenvalue weighted by Crippen LogP contribution is -2.31. The molecule has 0 aliphatic heterocycles. The molecule has 20 rings (SSSR count). The van der Waals surface area contributed by atoms with Crippen molar-refractivity contribution in [1.29, 1.82) is 0 Å². The average Bonchev–Trinajstić information content (AvgIpc) is 1.73. The summed E-state index contributed by atoms with van der Waals surface area (Å²) >= 11 is 1.62. The smallest absolute Gasteiger partial charge is 0.227 e. The Morgan fingerprint density at radius 2 is 0.726 bits per heavy atom. The Hall–Kier alpha value is -13.4. The molecule has 10 heterocycles. The molecular formula is C107H95N7O2S+4. The summed E-state index contributed by atoms with van der Waals surface area (Å²) in [5.74, 6) is 0.571. The summed E-state index contributed by atoms with van der Waals surface area (Å²) in [5, 5.41) is 10.6. The maximum Gasteiger partial charge on any atom is 0.227 e. The SMILES string of the molecule is [2H]C([2H])([2H])c1c[n+](C)c(-c2ccccc2C)cc1-c1cc2ccc(C)cc2o1.[2H]C([2H])([2H])c1c[n+](C)c(-c2ccccc2C)cc1-c1ccc2c3ccc(C)cc3c3ccccc3c2n1.[2H]C([2H])([2H])c1c[n+](C)c(-c2ccccc2C)cc1-c1cccc2c1oc1nc(C)ccc12.[2H]C([2H])([2H])c1c[n+](C)c(-c2ccccc2C)cc1-c1cccc2c1sc1nc(C)ccc12. The van der Waals surface area contributed by atoms with E-state index < -0.39 is 27.4 Å². The largest absolute Gasteiger partial charge is 0.456 e. The zero-order chi connectivity index (χ0) is 91.2. The van der Waals surface area contributed by atoms with Crippen molar-refractivity contribution < 1.29 is 43.6 Å². The molecule has 572 valence electrons. The number of thiophene rings is 1. The lowest BCUT2D eigenvalue weighted by molar-refractivity contribution is -0.660. The fourth-order valence-electron chi connectivity index (χ4n) is 16.3. The van der Waals surface area contributed by atoms with Gasteiger partial charge in [0.15, 0.2) is 24.8 Å². The molecule has 0 aliphatic carbocycles. The molecule has 0 aliphatic rings. The number of aromatic nitrogens is 7. The fraction of sp³-hybridized carbons (Fsp3) is 0.150. The average molecular weight is 1560 g/mol. The van der Waals surface area contributed by atoms with Crippen LogP contribution in [0.3, 0.4) is 0 Å². The Kier molecular flexibility index (Phi) is 16.9. The quantitative estimate of drug-likeness (QED) is 0.112. The Labute approximate surface area is 705 Å². The van der Waals surface area contributed by atoms with Crippen LogP contribution in [0.4, 0.5) is 0 Å². The van der Waals surface area contributed by atoms with E-state index in [0.29, 0.717) is 50.6 Å². The molecule has 0 atom stereocenters. The molecule has 0 saturated carbocycles. The van der Waals surface area contributed by atoms with E-state index in [0.717, 1.165) is 170 Å². The molecular weight excluding hydrogens is 1450 g/mol. The van der Waals surface area contributed by atoms with Crippen LogP contribution in [0.2, 0.25) is 0 Å². The van der Waals surface area contributed by atoms with E-state index in [1.54, 1.807) is 36.1 Å². The second-order valence-corrected chi connectivity index (χ2v) is 31.7. The number of para-hydroxylation sites is 1. The highest BCUT2D eigenvalue weighted by Crippen LogP contribution is 2.44. The van der Waals surface area contributed by atoms with Crippen LogP contribution in [-0.4, -0.2) is 15.0 Å². The Morgan fingerprint density at radius 3 is 1.31 bits per heavy atom. The number of furan rings is 2. The zero-order valence-electron chi connectivity index (χ0n) is 79.5. The van der Waals surface area contributed by atoms with Crippen LogP contribution in [0.1, 0.15) is 83.5 Å². The van der Waals surface area contributed by atoms with Gasteiger partial charge in [-0.15, -0.1) is 11.3 Å². The topological polar surface area (TPSA) is 80.5 Å². The van der Waals surface area contributed by atoms with Gasteiger partial charge < -0.3 is 8.83 Å². The first kappa shape index (κ1) is 63.0. The third kappa shape index (κ3) is 14.6. The van der Waals surface area contributed by atoms with Gasteiger partial charge in [0.1, 0.15) is 49.9 Å². The van der Waals surface area contributed by atoms with Crippen molar-refractivity contribution in [3.8, 4) is 89.9 Å². The molecule has 0 spiro atoms. The maximum atomic E-state index is 8.29. The van der Waals surface area contributed by atoms with Gasteiger partial charge in [0.25, 0.3) is 0 Å². The van der Waals surface area contributed by atoms with E-state index in [4.69, 9.17) is 35.3 Å². The first-order valence-electron chi connectivity index (χ1n) is 45.2. The Bertz CT molecular complexity index is 7620. The summed E-state index contributed by atoms with van der Waals surface area (Å²) in [4.78, 5) is 15.4. The summed E-state index contributed by atoms with van der Waals surface area (Å²) < 4.78 is 119. The predicted octanol–water partition coefficient (Wildman–Crippen LogP) is 25.7. The number of pyridine rings is 7. The van der Waals surface area contributed by atoms with E-state index in [1.807, 2.05) is 231 Å². The van der Waals surface area contributed by atoms with Crippen molar-refractivity contribution in [3.05, 3.63) is 353 Å². The van der Waals surface area contributed by atoms with Crippen LogP contribution in [0, 0.1) is 82.8 Å². The minimum atomic E-state index is -2.28. The molecule has 0 unspecified atom stereocenters. The molecule has 0 saturated heterocycles. The highest BCUT2D eigenvalue weighted by atomic mass is 32.1. The van der Waals surface area contributed by atoms with Crippen LogP contribution in [0.15, 0.2) is 294 Å². The number of nitrogens with zero attached hydrogens (tertiary/aromatic N) is 7. The van der Waals surface area contributed by atoms with Crippen LogP contribution in [0.25, 0.3) is 176 Å². The van der Waals surface area contributed by atoms with Gasteiger partial charge in [-0.25, -0.2) is 33.2 Å². The normalized spacial score (nSPS) is 13.4. The number of hydrogen-bond acceptors (Lipinski definition) is 6. The molecule has 10 aromatic heterocycles. The number of benzene rings is 10. The molecule has 10 heteroatoms. The van der Waals surface area contributed by atoms with Crippen molar-refractivity contribution in [2.75, 3.05) is 0 Å². The number of hydrogen-bond donors (Lipinski definition) is 0. The van der Waals surface area contributed by atoms with E-state index in [1.165, 1.54) is 10.9 Å². The molecule has 9 nitrogen and oxygen atoms in total. The molecule has 0 amide bonds. The summed E-state index contributed by atoms with van der Waals surface area (Å²) in [6, 6.07) is 87.3. The van der Waals surface area contributed by atoms with E-state index in [-0.39, 0.29) is 11.1 Å². The van der Waals surface area contributed by atoms with Gasteiger partial charge in [-0.2, -0.15) is 0 Å². The minimum absolute atomic E-state index is 0.281. The Balaban J connectivity index is 0.000000121. The van der Waals surface area contributed by atoms with Crippen LogP contribution < -0.4 is 18.3 Å². The molecule has 0 radical (unpaired) electrons. The highest BCUT2D eigenvalue weighted by molar-refractivity contribution is 7.26. The maximum absolute atomic E-state index is 8.29. The third-order valence-electron chi connectivity index (χ3n) is 22.4. The first-order valence-corrected chi connectivity index (χ1v) is 40.0.